The molecule has 0 saturated heterocycles. The summed E-state index contributed by atoms with van der Waals surface area (Å²) in [5.41, 5.74) is 1.69. The number of halogens is 1. The number of fused-ring (bicyclic) bond motifs is 1. The van der Waals surface area contributed by atoms with Crippen molar-refractivity contribution >= 4 is 37.5 Å². The van der Waals surface area contributed by atoms with Crippen LogP contribution in [0.5, 0.6) is 0 Å². The summed E-state index contributed by atoms with van der Waals surface area (Å²) >= 11 is 3.33. The van der Waals surface area contributed by atoms with Gasteiger partial charge in [-0.1, -0.05) is 6.92 Å². The molecule has 7 heteroatoms. The molecule has 2 rings (SSSR count). The van der Waals surface area contributed by atoms with Gasteiger partial charge in [0.15, 0.2) is 0 Å². The molecule has 5 nitrogen and oxygen atoms in total. The van der Waals surface area contributed by atoms with Crippen molar-refractivity contribution < 1.29 is 13.2 Å². The summed E-state index contributed by atoms with van der Waals surface area (Å²) in [6.45, 7) is 4.26. The van der Waals surface area contributed by atoms with Crippen molar-refractivity contribution in [1.29, 1.82) is 0 Å². The third-order valence-electron chi connectivity index (χ3n) is 3.54. The third kappa shape index (κ3) is 2.49. The van der Waals surface area contributed by atoms with Crippen molar-refractivity contribution in [3.05, 3.63) is 22.2 Å². The van der Waals surface area contributed by atoms with Gasteiger partial charge in [0, 0.05) is 37.2 Å². The second-order valence-corrected chi connectivity index (χ2v) is 7.62. The number of amides is 1. The molecule has 1 aromatic carbocycles. The first-order valence-corrected chi connectivity index (χ1v) is 8.59. The fraction of sp³-hybridized carbons (Fsp3) is 0.462. The Hall–Kier alpha value is -0.920. The molecule has 1 aliphatic heterocycles. The van der Waals surface area contributed by atoms with E-state index in [0.717, 1.165) is 12.0 Å². The van der Waals surface area contributed by atoms with Gasteiger partial charge in [0.05, 0.1) is 4.90 Å². The van der Waals surface area contributed by atoms with Crippen LogP contribution in [0.1, 0.15) is 19.4 Å². The van der Waals surface area contributed by atoms with Crippen LogP contribution >= 0.6 is 15.9 Å². The minimum Gasteiger partial charge on any atom is -0.312 e. The van der Waals surface area contributed by atoms with Gasteiger partial charge in [0.25, 0.3) is 0 Å². The molecule has 0 spiro atoms. The summed E-state index contributed by atoms with van der Waals surface area (Å²) < 4.78 is 26.7. The molecule has 0 atom stereocenters. The lowest BCUT2D eigenvalue weighted by Crippen LogP contribution is -2.28. The maximum Gasteiger partial charge on any atom is 0.244 e. The third-order valence-corrected chi connectivity index (χ3v) is 6.43. The fourth-order valence-electron chi connectivity index (χ4n) is 2.25. The second kappa shape index (κ2) is 5.46. The number of carbonyl (C=O) groups is 1. The van der Waals surface area contributed by atoms with E-state index < -0.39 is 10.0 Å². The monoisotopic (exact) mass is 360 g/mol. The van der Waals surface area contributed by atoms with Gasteiger partial charge >= 0.3 is 0 Å². The van der Waals surface area contributed by atoms with Crippen LogP contribution in [0.25, 0.3) is 0 Å². The van der Waals surface area contributed by atoms with Crippen molar-refractivity contribution in [2.45, 2.75) is 25.2 Å². The van der Waals surface area contributed by atoms with Crippen molar-refractivity contribution in [2.24, 2.45) is 0 Å². The molecule has 1 amide bonds. The first-order chi connectivity index (χ1) is 9.28. The standard InChI is InChI=1S/C13H17BrN2O3S/c1-4-15(3)20(18,19)13-8-12-10(7-11(13)14)5-6-16(12)9(2)17/h7-8H,4-6H2,1-3H3. The van der Waals surface area contributed by atoms with E-state index >= 15 is 0 Å². The van der Waals surface area contributed by atoms with Crippen LogP contribution in [0.15, 0.2) is 21.5 Å². The number of sulfonamides is 1. The Morgan fingerprint density at radius 1 is 1.45 bits per heavy atom. The van der Waals surface area contributed by atoms with Crippen LogP contribution in [0.3, 0.4) is 0 Å². The fourth-order valence-corrected chi connectivity index (χ4v) is 4.50. The van der Waals surface area contributed by atoms with E-state index in [1.165, 1.54) is 18.3 Å². The molecule has 0 fully saturated rings. The number of hydrogen-bond donors (Lipinski definition) is 0. The minimum absolute atomic E-state index is 0.0710. The summed E-state index contributed by atoms with van der Waals surface area (Å²) in [6.07, 6.45) is 0.747. The summed E-state index contributed by atoms with van der Waals surface area (Å²) in [4.78, 5) is 13.4. The highest BCUT2D eigenvalue weighted by Gasteiger charge is 2.28. The van der Waals surface area contributed by atoms with Gasteiger partial charge in [-0.2, -0.15) is 0 Å². The lowest BCUT2D eigenvalue weighted by Gasteiger charge is -2.19. The molecular weight excluding hydrogens is 344 g/mol. The number of benzene rings is 1. The number of anilines is 1. The lowest BCUT2D eigenvalue weighted by atomic mass is 10.2. The highest BCUT2D eigenvalue weighted by Crippen LogP contribution is 2.36. The van der Waals surface area contributed by atoms with Gasteiger partial charge in [0.1, 0.15) is 0 Å². The smallest absolute Gasteiger partial charge is 0.244 e. The lowest BCUT2D eigenvalue weighted by molar-refractivity contribution is -0.116. The van der Waals surface area contributed by atoms with Gasteiger partial charge < -0.3 is 4.90 Å². The number of hydrogen-bond acceptors (Lipinski definition) is 3. The molecule has 0 unspecified atom stereocenters. The molecule has 1 aromatic rings. The molecule has 0 saturated carbocycles. The number of nitrogens with zero attached hydrogens (tertiary/aromatic N) is 2. The maximum atomic E-state index is 12.5. The molecular formula is C13H17BrN2O3S. The number of rotatable bonds is 3. The zero-order chi connectivity index (χ0) is 15.1. The second-order valence-electron chi connectivity index (χ2n) is 4.75. The zero-order valence-electron chi connectivity index (χ0n) is 11.7. The van der Waals surface area contributed by atoms with Crippen LogP contribution in [0, 0.1) is 0 Å². The molecule has 0 aliphatic carbocycles. The van der Waals surface area contributed by atoms with Gasteiger partial charge in [-0.15, -0.1) is 0 Å². The maximum absolute atomic E-state index is 12.5. The topological polar surface area (TPSA) is 57.7 Å². The Morgan fingerprint density at radius 2 is 2.10 bits per heavy atom. The predicted molar refractivity (Wildman–Crippen MR) is 81.4 cm³/mol. The van der Waals surface area contributed by atoms with Gasteiger partial charge in [0.2, 0.25) is 15.9 Å². The highest BCUT2D eigenvalue weighted by atomic mass is 79.9. The first-order valence-electron chi connectivity index (χ1n) is 6.36. The van der Waals surface area contributed by atoms with Gasteiger partial charge in [-0.25, -0.2) is 12.7 Å². The van der Waals surface area contributed by atoms with Crippen LogP contribution in [-0.4, -0.2) is 38.8 Å². The average molecular weight is 361 g/mol. The van der Waals surface area contributed by atoms with Gasteiger partial charge in [-0.05, 0) is 40.0 Å². The van der Waals surface area contributed by atoms with Crippen LogP contribution in [-0.2, 0) is 21.2 Å². The van der Waals surface area contributed by atoms with E-state index in [1.807, 2.05) is 0 Å². The molecule has 0 N–H and O–H groups in total. The predicted octanol–water partition coefficient (Wildman–Crippen LogP) is 2.00. The molecule has 0 bridgehead atoms. The summed E-state index contributed by atoms with van der Waals surface area (Å²) in [6, 6.07) is 3.39. The van der Waals surface area contributed by atoms with Crippen molar-refractivity contribution in [1.82, 2.24) is 4.31 Å². The minimum atomic E-state index is -3.54. The van der Waals surface area contributed by atoms with E-state index in [4.69, 9.17) is 0 Å². The quantitative estimate of drug-likeness (QED) is 0.828. The first kappa shape index (κ1) is 15.5. The van der Waals surface area contributed by atoms with Crippen molar-refractivity contribution in [2.75, 3.05) is 25.0 Å². The van der Waals surface area contributed by atoms with Crippen LogP contribution < -0.4 is 4.90 Å². The Balaban J connectivity index is 2.58. The zero-order valence-corrected chi connectivity index (χ0v) is 14.1. The Morgan fingerprint density at radius 3 is 2.65 bits per heavy atom. The van der Waals surface area contributed by atoms with Crippen molar-refractivity contribution in [3.8, 4) is 0 Å². The summed E-state index contributed by atoms with van der Waals surface area (Å²) in [5.74, 6) is -0.0710. The van der Waals surface area contributed by atoms with Crippen molar-refractivity contribution in [3.63, 3.8) is 0 Å². The Bertz CT molecular complexity index is 658. The largest absolute Gasteiger partial charge is 0.312 e. The van der Waals surface area contributed by atoms with E-state index in [9.17, 15) is 13.2 Å². The molecule has 110 valence electrons. The SMILES string of the molecule is CCN(C)S(=O)(=O)c1cc2c(cc1Br)CCN2C(C)=O. The molecule has 1 aliphatic rings. The normalized spacial score (nSPS) is 14.8. The van der Waals surface area contributed by atoms with E-state index in [2.05, 4.69) is 15.9 Å². The highest BCUT2D eigenvalue weighted by molar-refractivity contribution is 9.10. The van der Waals surface area contributed by atoms with E-state index in [1.54, 1.807) is 24.0 Å². The number of carbonyl (C=O) groups excluding carboxylic acids is 1. The van der Waals surface area contributed by atoms with E-state index in [-0.39, 0.29) is 10.8 Å². The Labute approximate surface area is 127 Å². The van der Waals surface area contributed by atoms with Crippen LogP contribution in [0.4, 0.5) is 5.69 Å². The summed E-state index contributed by atoms with van der Waals surface area (Å²) in [7, 11) is -2.00. The molecule has 0 aromatic heterocycles. The Kier molecular flexibility index (Phi) is 4.22. The molecule has 20 heavy (non-hydrogen) atoms. The molecule has 0 radical (unpaired) electrons. The van der Waals surface area contributed by atoms with Gasteiger partial charge in [-0.3, -0.25) is 4.79 Å². The van der Waals surface area contributed by atoms with Crippen LogP contribution in [0.2, 0.25) is 0 Å². The molecule has 1 heterocycles. The van der Waals surface area contributed by atoms with E-state index in [0.29, 0.717) is 23.2 Å². The average Bonchev–Trinajstić information content (AvgIpc) is 2.79. The summed E-state index contributed by atoms with van der Waals surface area (Å²) in [5, 5.41) is 0.